The van der Waals surface area contributed by atoms with Gasteiger partial charge in [-0.05, 0) is 49.2 Å². The minimum Gasteiger partial charge on any atom is -0.504 e. The van der Waals surface area contributed by atoms with Gasteiger partial charge in [-0.1, -0.05) is 0 Å². The number of aldehydes is 1. The molecule has 3 aromatic rings. The lowest BCUT2D eigenvalue weighted by atomic mass is 10.1. The first kappa shape index (κ1) is 19.0. The number of rotatable bonds is 5. The van der Waals surface area contributed by atoms with Crippen LogP contribution >= 0.6 is 11.5 Å². The second-order valence-corrected chi connectivity index (χ2v) is 7.38. The van der Waals surface area contributed by atoms with Crippen molar-refractivity contribution in [3.05, 3.63) is 53.3 Å². The van der Waals surface area contributed by atoms with E-state index in [9.17, 15) is 19.1 Å². The van der Waals surface area contributed by atoms with Gasteiger partial charge in [0.1, 0.15) is 0 Å². The van der Waals surface area contributed by atoms with E-state index >= 15 is 0 Å². The number of hydrogen-bond acceptors (Lipinski definition) is 7. The fourth-order valence-electron chi connectivity index (χ4n) is 3.20. The maximum Gasteiger partial charge on any atom is 0.257 e. The van der Waals surface area contributed by atoms with E-state index in [2.05, 4.69) is 19.6 Å². The Labute approximate surface area is 170 Å². The van der Waals surface area contributed by atoms with E-state index in [1.54, 1.807) is 0 Å². The van der Waals surface area contributed by atoms with Gasteiger partial charge in [-0.3, -0.25) is 14.9 Å². The lowest BCUT2D eigenvalue weighted by molar-refractivity contribution is 0.102. The van der Waals surface area contributed by atoms with Crippen molar-refractivity contribution in [1.82, 2.24) is 9.36 Å². The second kappa shape index (κ2) is 7.96. The van der Waals surface area contributed by atoms with Crippen molar-refractivity contribution in [3.8, 4) is 17.1 Å². The number of phenolic OH excluding ortho intramolecular Hbond substituents is 1. The van der Waals surface area contributed by atoms with Gasteiger partial charge in [-0.15, -0.1) is 0 Å². The molecule has 1 aliphatic rings. The van der Waals surface area contributed by atoms with Crippen LogP contribution in [0.25, 0.3) is 11.4 Å². The highest BCUT2D eigenvalue weighted by Gasteiger charge is 2.17. The predicted octanol–water partition coefficient (Wildman–Crippen LogP) is 3.71. The smallest absolute Gasteiger partial charge is 0.257 e. The van der Waals surface area contributed by atoms with E-state index in [4.69, 9.17) is 0 Å². The number of anilines is 2. The number of carbonyl (C=O) groups is 2. The summed E-state index contributed by atoms with van der Waals surface area (Å²) in [4.78, 5) is 29.9. The van der Waals surface area contributed by atoms with Gasteiger partial charge in [0.25, 0.3) is 5.91 Å². The van der Waals surface area contributed by atoms with Gasteiger partial charge >= 0.3 is 0 Å². The van der Waals surface area contributed by atoms with Gasteiger partial charge in [-0.25, -0.2) is 4.39 Å². The quantitative estimate of drug-likeness (QED) is 0.620. The first-order valence-electron chi connectivity index (χ1n) is 9.03. The summed E-state index contributed by atoms with van der Waals surface area (Å²) < 4.78 is 17.9. The van der Waals surface area contributed by atoms with Crippen molar-refractivity contribution in [1.29, 1.82) is 0 Å². The molecule has 9 heteroatoms. The highest BCUT2D eigenvalue weighted by Crippen LogP contribution is 2.27. The van der Waals surface area contributed by atoms with Crippen molar-refractivity contribution in [3.63, 3.8) is 0 Å². The molecular weight excluding hydrogens is 395 g/mol. The largest absolute Gasteiger partial charge is 0.504 e. The van der Waals surface area contributed by atoms with Gasteiger partial charge in [0.05, 0.1) is 5.56 Å². The van der Waals surface area contributed by atoms with Crippen molar-refractivity contribution < 1.29 is 19.1 Å². The molecular formula is C20H17FN4O3S. The Kier molecular flexibility index (Phi) is 5.22. The molecule has 4 rings (SSSR count). The molecule has 0 bridgehead atoms. The number of benzene rings is 2. The molecule has 0 atom stereocenters. The van der Waals surface area contributed by atoms with Crippen LogP contribution in [0, 0.1) is 5.82 Å². The number of aromatic nitrogens is 2. The molecule has 0 radical (unpaired) electrons. The molecule has 1 saturated heterocycles. The Balaban J connectivity index is 1.48. The molecule has 2 N–H and O–H groups in total. The van der Waals surface area contributed by atoms with Crippen molar-refractivity contribution in [2.75, 3.05) is 23.3 Å². The summed E-state index contributed by atoms with van der Waals surface area (Å²) in [5.41, 5.74) is 1.58. The molecule has 148 valence electrons. The molecule has 0 spiro atoms. The molecule has 0 unspecified atom stereocenters. The maximum atomic E-state index is 13.7. The average molecular weight is 412 g/mol. The monoisotopic (exact) mass is 412 g/mol. The van der Waals surface area contributed by atoms with Crippen LogP contribution in [0.5, 0.6) is 5.75 Å². The number of phenols is 1. The fourth-order valence-corrected chi connectivity index (χ4v) is 3.78. The van der Waals surface area contributed by atoms with Crippen LogP contribution in [0.1, 0.15) is 33.6 Å². The molecule has 2 heterocycles. The molecule has 1 amide bonds. The molecule has 29 heavy (non-hydrogen) atoms. The summed E-state index contributed by atoms with van der Waals surface area (Å²) in [7, 11) is 0. The number of halogens is 1. The third-order valence-electron chi connectivity index (χ3n) is 4.73. The van der Waals surface area contributed by atoms with Gasteiger partial charge in [0.15, 0.2) is 23.7 Å². The SMILES string of the molecule is O=Cc1cc(C(=O)Nc2nc(-c3ccc(N4CCCC4)cc3)ns2)cc(F)c1O. The average Bonchev–Trinajstić information content (AvgIpc) is 3.42. The highest BCUT2D eigenvalue weighted by molar-refractivity contribution is 7.10. The molecule has 2 aromatic carbocycles. The topological polar surface area (TPSA) is 95.4 Å². The van der Waals surface area contributed by atoms with Crippen molar-refractivity contribution in [2.45, 2.75) is 12.8 Å². The number of hydrogen-bond donors (Lipinski definition) is 2. The van der Waals surface area contributed by atoms with Crippen LogP contribution in [0.3, 0.4) is 0 Å². The molecule has 0 saturated carbocycles. The van der Waals surface area contributed by atoms with E-state index < -0.39 is 17.5 Å². The summed E-state index contributed by atoms with van der Waals surface area (Å²) >= 11 is 0.998. The number of carbonyl (C=O) groups excluding carboxylic acids is 2. The normalized spacial score (nSPS) is 13.5. The Bertz CT molecular complexity index is 1060. The summed E-state index contributed by atoms with van der Waals surface area (Å²) in [6.45, 7) is 2.13. The number of nitrogens with zero attached hydrogens (tertiary/aromatic N) is 3. The Morgan fingerprint density at radius 1 is 1.21 bits per heavy atom. The van der Waals surface area contributed by atoms with Crippen LogP contribution in [0.2, 0.25) is 0 Å². The molecule has 1 fully saturated rings. The maximum absolute atomic E-state index is 13.7. The van der Waals surface area contributed by atoms with Gasteiger partial charge in [0.2, 0.25) is 5.13 Å². The van der Waals surface area contributed by atoms with Gasteiger partial charge in [0, 0.05) is 41.4 Å². The molecule has 1 aromatic heterocycles. The predicted molar refractivity (Wildman–Crippen MR) is 108 cm³/mol. The van der Waals surface area contributed by atoms with Gasteiger partial charge in [-0.2, -0.15) is 9.36 Å². The van der Waals surface area contributed by atoms with Crippen LogP contribution < -0.4 is 10.2 Å². The van der Waals surface area contributed by atoms with Gasteiger partial charge < -0.3 is 10.0 Å². The lowest BCUT2D eigenvalue weighted by Crippen LogP contribution is -2.17. The van der Waals surface area contributed by atoms with Crippen LogP contribution in [0.15, 0.2) is 36.4 Å². The molecule has 7 nitrogen and oxygen atoms in total. The number of amides is 1. The highest BCUT2D eigenvalue weighted by atomic mass is 32.1. The third kappa shape index (κ3) is 3.95. The van der Waals surface area contributed by atoms with E-state index in [0.29, 0.717) is 5.82 Å². The molecule has 1 aliphatic heterocycles. The number of nitrogens with one attached hydrogen (secondary N) is 1. The third-order valence-corrected chi connectivity index (χ3v) is 5.36. The summed E-state index contributed by atoms with van der Waals surface area (Å²) in [5.74, 6) is -2.01. The Morgan fingerprint density at radius 3 is 2.62 bits per heavy atom. The minimum absolute atomic E-state index is 0.103. The fraction of sp³-hybridized carbons (Fsp3) is 0.200. The molecule has 0 aliphatic carbocycles. The van der Waals surface area contributed by atoms with Crippen LogP contribution in [-0.4, -0.2) is 39.7 Å². The number of aromatic hydroxyl groups is 1. The minimum atomic E-state index is -1.05. The summed E-state index contributed by atoms with van der Waals surface area (Å²) in [6.07, 6.45) is 2.69. The summed E-state index contributed by atoms with van der Waals surface area (Å²) in [5, 5.41) is 12.2. The van der Waals surface area contributed by atoms with E-state index in [1.807, 2.05) is 24.3 Å². The lowest BCUT2D eigenvalue weighted by Gasteiger charge is -2.17. The standard InChI is InChI=1S/C20H17FN4O3S/c21-16-10-13(9-14(11-26)17(16)27)19(28)23-20-22-18(24-29-20)12-3-5-15(6-4-12)25-7-1-2-8-25/h3-6,9-11,27H,1-2,7-8H2,(H,22,23,24,28). The first-order valence-corrected chi connectivity index (χ1v) is 9.80. The zero-order valence-electron chi connectivity index (χ0n) is 15.3. The summed E-state index contributed by atoms with van der Waals surface area (Å²) in [6, 6.07) is 9.90. The van der Waals surface area contributed by atoms with Crippen LogP contribution in [0.4, 0.5) is 15.2 Å². The van der Waals surface area contributed by atoms with E-state index in [1.165, 1.54) is 12.8 Å². The van der Waals surface area contributed by atoms with Crippen LogP contribution in [-0.2, 0) is 0 Å². The first-order chi connectivity index (χ1) is 14.0. The Morgan fingerprint density at radius 2 is 1.93 bits per heavy atom. The second-order valence-electron chi connectivity index (χ2n) is 6.63. The Hall–Kier alpha value is -3.33. The van der Waals surface area contributed by atoms with Crippen molar-refractivity contribution in [2.24, 2.45) is 0 Å². The van der Waals surface area contributed by atoms with E-state index in [0.717, 1.165) is 48.0 Å². The zero-order chi connectivity index (χ0) is 20.4. The zero-order valence-corrected chi connectivity index (χ0v) is 16.1. The van der Waals surface area contributed by atoms with Crippen molar-refractivity contribution >= 4 is 34.5 Å². The van der Waals surface area contributed by atoms with E-state index in [-0.39, 0.29) is 22.5 Å².